The zero-order chi connectivity index (χ0) is 12.8. The summed E-state index contributed by atoms with van der Waals surface area (Å²) in [5.41, 5.74) is 0.475. The van der Waals surface area contributed by atoms with E-state index >= 15 is 0 Å². The van der Waals surface area contributed by atoms with Crippen LogP contribution in [0.3, 0.4) is 0 Å². The largest absolute Gasteiger partial charge is 0.465 e. The number of rotatable bonds is 5. The van der Waals surface area contributed by atoms with E-state index < -0.39 is 0 Å². The molecule has 0 fully saturated rings. The molecule has 1 heterocycles. The average molecular weight is 238 g/mol. The number of hydrogen-bond donors (Lipinski definition) is 1. The molecule has 1 N–H and O–H groups in total. The van der Waals surface area contributed by atoms with Gasteiger partial charge in [0.2, 0.25) is 0 Å². The molecule has 0 atom stereocenters. The number of aromatic nitrogens is 1. The lowest BCUT2D eigenvalue weighted by molar-refractivity contribution is -0.144. The first-order chi connectivity index (χ1) is 8.06. The minimum absolute atomic E-state index is 0.0244. The highest BCUT2D eigenvalue weighted by Gasteiger charge is 2.22. The predicted molar refractivity (Wildman–Crippen MR) is 63.6 cm³/mol. The van der Waals surface area contributed by atoms with Gasteiger partial charge in [-0.3, -0.25) is 9.59 Å². The van der Waals surface area contributed by atoms with Gasteiger partial charge in [0.25, 0.3) is 5.91 Å². The number of ether oxygens (including phenoxy) is 1. The van der Waals surface area contributed by atoms with Gasteiger partial charge in [0.1, 0.15) is 12.2 Å². The second-order valence-electron chi connectivity index (χ2n) is 3.92. The Morgan fingerprint density at radius 1 is 1.47 bits per heavy atom. The Bertz CT molecular complexity index is 371. The third kappa shape index (κ3) is 3.62. The van der Waals surface area contributed by atoms with Crippen LogP contribution in [0.25, 0.3) is 0 Å². The zero-order valence-electron chi connectivity index (χ0n) is 10.4. The van der Waals surface area contributed by atoms with E-state index in [1.54, 1.807) is 25.3 Å². The Morgan fingerprint density at radius 3 is 2.65 bits per heavy atom. The van der Waals surface area contributed by atoms with Crippen LogP contribution in [0.5, 0.6) is 0 Å². The van der Waals surface area contributed by atoms with E-state index in [-0.39, 0.29) is 24.5 Å². The fourth-order valence-electron chi connectivity index (χ4n) is 1.45. The van der Waals surface area contributed by atoms with Gasteiger partial charge in [-0.1, -0.05) is 0 Å². The van der Waals surface area contributed by atoms with Gasteiger partial charge in [0.05, 0.1) is 6.61 Å². The standard InChI is InChI=1S/C12H18N2O3/c1-4-17-11(15)8-14(9(2)3)12(16)10-6-5-7-13-10/h5-7,9,13H,4,8H2,1-3H3. The van der Waals surface area contributed by atoms with Crippen molar-refractivity contribution in [2.75, 3.05) is 13.2 Å². The first kappa shape index (κ1) is 13.3. The van der Waals surface area contributed by atoms with Crippen LogP contribution in [0, 0.1) is 0 Å². The molecule has 0 bridgehead atoms. The van der Waals surface area contributed by atoms with Gasteiger partial charge in [0.15, 0.2) is 0 Å². The van der Waals surface area contributed by atoms with Crippen LogP contribution < -0.4 is 0 Å². The van der Waals surface area contributed by atoms with Crippen molar-refractivity contribution < 1.29 is 14.3 Å². The lowest BCUT2D eigenvalue weighted by Gasteiger charge is -2.25. The third-order valence-corrected chi connectivity index (χ3v) is 2.32. The molecule has 94 valence electrons. The van der Waals surface area contributed by atoms with E-state index in [4.69, 9.17) is 4.74 Å². The first-order valence-electron chi connectivity index (χ1n) is 5.66. The Balaban J connectivity index is 2.73. The number of esters is 1. The number of aromatic amines is 1. The number of amides is 1. The molecule has 0 saturated heterocycles. The normalized spacial score (nSPS) is 10.4. The number of nitrogens with one attached hydrogen (secondary N) is 1. The van der Waals surface area contributed by atoms with Crippen LogP contribution in [0.4, 0.5) is 0 Å². The maximum Gasteiger partial charge on any atom is 0.325 e. The van der Waals surface area contributed by atoms with Crippen molar-refractivity contribution in [3.63, 3.8) is 0 Å². The summed E-state index contributed by atoms with van der Waals surface area (Å²) in [6.07, 6.45) is 1.68. The Hall–Kier alpha value is -1.78. The van der Waals surface area contributed by atoms with Crippen molar-refractivity contribution >= 4 is 11.9 Å². The van der Waals surface area contributed by atoms with Crippen molar-refractivity contribution in [1.29, 1.82) is 0 Å². The van der Waals surface area contributed by atoms with E-state index in [0.29, 0.717) is 12.3 Å². The van der Waals surface area contributed by atoms with Crippen LogP contribution >= 0.6 is 0 Å². The number of H-pyrrole nitrogens is 1. The minimum atomic E-state index is -0.388. The van der Waals surface area contributed by atoms with E-state index in [0.717, 1.165) is 0 Å². The van der Waals surface area contributed by atoms with Crippen molar-refractivity contribution in [2.45, 2.75) is 26.8 Å². The Morgan fingerprint density at radius 2 is 2.18 bits per heavy atom. The topological polar surface area (TPSA) is 62.4 Å². The van der Waals surface area contributed by atoms with Crippen LogP contribution in [0.15, 0.2) is 18.3 Å². The average Bonchev–Trinajstić information content (AvgIpc) is 2.78. The molecule has 0 aliphatic heterocycles. The number of nitrogens with zero attached hydrogens (tertiary/aromatic N) is 1. The monoisotopic (exact) mass is 238 g/mol. The fourth-order valence-corrected chi connectivity index (χ4v) is 1.45. The molecule has 1 amide bonds. The second-order valence-corrected chi connectivity index (χ2v) is 3.92. The summed E-state index contributed by atoms with van der Waals surface area (Å²) >= 11 is 0. The van der Waals surface area contributed by atoms with Gasteiger partial charge >= 0.3 is 5.97 Å². The fraction of sp³-hybridized carbons (Fsp3) is 0.500. The lowest BCUT2D eigenvalue weighted by atomic mass is 10.2. The first-order valence-corrected chi connectivity index (χ1v) is 5.66. The summed E-state index contributed by atoms with van der Waals surface area (Å²) in [6.45, 7) is 5.76. The molecule has 0 saturated carbocycles. The number of carbonyl (C=O) groups excluding carboxylic acids is 2. The third-order valence-electron chi connectivity index (χ3n) is 2.32. The molecular weight excluding hydrogens is 220 g/mol. The van der Waals surface area contributed by atoms with Crippen molar-refractivity contribution in [2.24, 2.45) is 0 Å². The highest BCUT2D eigenvalue weighted by molar-refractivity contribution is 5.94. The Labute approximate surface area is 101 Å². The van der Waals surface area contributed by atoms with Gasteiger partial charge < -0.3 is 14.6 Å². The molecule has 1 aromatic rings. The predicted octanol–water partition coefficient (Wildman–Crippen LogP) is 1.43. The van der Waals surface area contributed by atoms with Gasteiger partial charge in [-0.05, 0) is 32.9 Å². The summed E-state index contributed by atoms with van der Waals surface area (Å²) in [7, 11) is 0. The van der Waals surface area contributed by atoms with Gasteiger partial charge in [-0.25, -0.2) is 0 Å². The number of carbonyl (C=O) groups is 2. The Kier molecular flexibility index (Phi) is 4.75. The maximum atomic E-state index is 12.1. The van der Waals surface area contributed by atoms with Crippen molar-refractivity contribution in [3.05, 3.63) is 24.0 Å². The van der Waals surface area contributed by atoms with Crippen molar-refractivity contribution in [1.82, 2.24) is 9.88 Å². The molecule has 0 aliphatic carbocycles. The molecule has 1 aromatic heterocycles. The zero-order valence-corrected chi connectivity index (χ0v) is 10.4. The molecule has 5 heteroatoms. The lowest BCUT2D eigenvalue weighted by Crippen LogP contribution is -2.41. The summed E-state index contributed by atoms with van der Waals surface area (Å²) in [4.78, 5) is 27.8. The van der Waals surface area contributed by atoms with Crippen LogP contribution in [0.1, 0.15) is 31.3 Å². The summed E-state index contributed by atoms with van der Waals surface area (Å²) < 4.78 is 4.85. The summed E-state index contributed by atoms with van der Waals surface area (Å²) in [5.74, 6) is -0.584. The number of hydrogen-bond acceptors (Lipinski definition) is 3. The molecule has 17 heavy (non-hydrogen) atoms. The molecule has 5 nitrogen and oxygen atoms in total. The van der Waals surface area contributed by atoms with E-state index in [1.807, 2.05) is 13.8 Å². The molecule has 0 spiro atoms. The minimum Gasteiger partial charge on any atom is -0.465 e. The van der Waals surface area contributed by atoms with Gasteiger partial charge in [-0.2, -0.15) is 0 Å². The molecule has 1 rings (SSSR count). The second kappa shape index (κ2) is 6.08. The maximum absolute atomic E-state index is 12.1. The summed E-state index contributed by atoms with van der Waals surface area (Å²) in [6, 6.07) is 3.37. The highest BCUT2D eigenvalue weighted by atomic mass is 16.5. The highest BCUT2D eigenvalue weighted by Crippen LogP contribution is 2.06. The molecular formula is C12H18N2O3. The molecule has 0 aliphatic rings. The van der Waals surface area contributed by atoms with E-state index in [9.17, 15) is 9.59 Å². The quantitative estimate of drug-likeness (QED) is 0.789. The van der Waals surface area contributed by atoms with Crippen LogP contribution in [-0.2, 0) is 9.53 Å². The van der Waals surface area contributed by atoms with Crippen molar-refractivity contribution in [3.8, 4) is 0 Å². The van der Waals surface area contributed by atoms with Crippen LogP contribution in [0.2, 0.25) is 0 Å². The smallest absolute Gasteiger partial charge is 0.325 e. The molecule has 0 aromatic carbocycles. The van der Waals surface area contributed by atoms with Gasteiger partial charge in [-0.15, -0.1) is 0 Å². The van der Waals surface area contributed by atoms with E-state index in [1.165, 1.54) is 4.90 Å². The summed E-state index contributed by atoms with van der Waals surface area (Å²) in [5, 5.41) is 0. The SMILES string of the molecule is CCOC(=O)CN(C(=O)c1ccc[nH]1)C(C)C. The molecule has 0 radical (unpaired) electrons. The van der Waals surface area contributed by atoms with E-state index in [2.05, 4.69) is 4.98 Å². The van der Waals surface area contributed by atoms with Crippen LogP contribution in [-0.4, -0.2) is 41.0 Å². The van der Waals surface area contributed by atoms with Gasteiger partial charge in [0, 0.05) is 12.2 Å². The molecule has 0 unspecified atom stereocenters.